The van der Waals surface area contributed by atoms with Crippen molar-refractivity contribution in [2.24, 2.45) is 0 Å². The Balaban J connectivity index is 2.55. The molecule has 1 saturated heterocycles. The van der Waals surface area contributed by atoms with E-state index in [0.717, 1.165) is 0 Å². The molecular weight excluding hydrogens is 276 g/mol. The third kappa shape index (κ3) is 6.50. The van der Waals surface area contributed by atoms with E-state index in [1.807, 2.05) is 0 Å². The summed E-state index contributed by atoms with van der Waals surface area (Å²) in [7, 11) is 0. The molecule has 6 heteroatoms. The zero-order valence-corrected chi connectivity index (χ0v) is 12.9. The van der Waals surface area contributed by atoms with Crippen LogP contribution in [-0.2, 0) is 23.7 Å². The van der Waals surface area contributed by atoms with Gasteiger partial charge in [0.15, 0.2) is 0 Å². The van der Waals surface area contributed by atoms with Crippen LogP contribution in [-0.4, -0.2) is 42.6 Å². The van der Waals surface area contributed by atoms with Crippen molar-refractivity contribution in [2.45, 2.75) is 64.4 Å². The quantitative estimate of drug-likeness (QED) is 0.586. The SMILES string of the molecule is C#C[C@@H]1CC[C@@H](OC(C)=O)[C@H](COC(=O)OC(C)(C)C)O1. The third-order valence-corrected chi connectivity index (χ3v) is 2.73. The smallest absolute Gasteiger partial charge is 0.460 e. The predicted molar refractivity (Wildman–Crippen MR) is 74.5 cm³/mol. The van der Waals surface area contributed by atoms with Crippen molar-refractivity contribution in [1.29, 1.82) is 0 Å². The predicted octanol–water partition coefficient (Wildman–Crippen LogP) is 2.05. The molecule has 0 unspecified atom stereocenters. The van der Waals surface area contributed by atoms with Crippen LogP contribution in [0.3, 0.4) is 0 Å². The fourth-order valence-corrected chi connectivity index (χ4v) is 1.92. The van der Waals surface area contributed by atoms with Crippen molar-refractivity contribution in [3.05, 3.63) is 0 Å². The van der Waals surface area contributed by atoms with Gasteiger partial charge >= 0.3 is 12.1 Å². The number of terminal acetylenes is 1. The topological polar surface area (TPSA) is 71.1 Å². The van der Waals surface area contributed by atoms with E-state index in [0.29, 0.717) is 12.8 Å². The Morgan fingerprint density at radius 1 is 1.33 bits per heavy atom. The maximum absolute atomic E-state index is 11.5. The van der Waals surface area contributed by atoms with Gasteiger partial charge in [-0.15, -0.1) is 6.42 Å². The summed E-state index contributed by atoms with van der Waals surface area (Å²) in [6.07, 6.45) is 4.27. The number of esters is 1. The fraction of sp³-hybridized carbons (Fsp3) is 0.733. The Hall–Kier alpha value is -1.74. The largest absolute Gasteiger partial charge is 0.508 e. The number of rotatable bonds is 3. The highest BCUT2D eigenvalue weighted by Gasteiger charge is 2.34. The molecule has 1 aliphatic heterocycles. The van der Waals surface area contributed by atoms with Crippen LogP contribution in [0.15, 0.2) is 0 Å². The average Bonchev–Trinajstić information content (AvgIpc) is 2.35. The Morgan fingerprint density at radius 2 is 2.00 bits per heavy atom. The normalized spacial score (nSPS) is 25.6. The van der Waals surface area contributed by atoms with E-state index in [1.165, 1.54) is 6.92 Å². The summed E-state index contributed by atoms with van der Waals surface area (Å²) in [6.45, 7) is 6.45. The molecule has 3 atom stereocenters. The molecule has 1 rings (SSSR count). The average molecular weight is 298 g/mol. The zero-order valence-electron chi connectivity index (χ0n) is 12.9. The second-order valence-electron chi connectivity index (χ2n) is 5.83. The molecule has 6 nitrogen and oxygen atoms in total. The summed E-state index contributed by atoms with van der Waals surface area (Å²) in [6, 6.07) is 0. The standard InChI is InChI=1S/C15H22O6/c1-6-11-7-8-12(19-10(2)16)13(20-11)9-18-14(17)21-15(3,4)5/h1,11-13H,7-9H2,2-5H3/t11-,12-,13+/m1/s1. The van der Waals surface area contributed by atoms with Crippen molar-refractivity contribution in [3.63, 3.8) is 0 Å². The van der Waals surface area contributed by atoms with Crippen molar-refractivity contribution in [1.82, 2.24) is 0 Å². The lowest BCUT2D eigenvalue weighted by Crippen LogP contribution is -2.44. The maximum atomic E-state index is 11.5. The highest BCUT2D eigenvalue weighted by Crippen LogP contribution is 2.23. The molecule has 118 valence electrons. The molecule has 0 aromatic rings. The summed E-state index contributed by atoms with van der Waals surface area (Å²) < 4.78 is 20.8. The molecule has 0 amide bonds. The Kier molecular flexibility index (Phi) is 6.03. The summed E-state index contributed by atoms with van der Waals surface area (Å²) in [5.74, 6) is 2.09. The van der Waals surface area contributed by atoms with E-state index in [-0.39, 0.29) is 12.7 Å². The first-order valence-electron chi connectivity index (χ1n) is 6.86. The van der Waals surface area contributed by atoms with Crippen LogP contribution in [0.5, 0.6) is 0 Å². The van der Waals surface area contributed by atoms with Gasteiger partial charge < -0.3 is 18.9 Å². The molecule has 21 heavy (non-hydrogen) atoms. The second kappa shape index (κ2) is 7.32. The minimum atomic E-state index is -0.796. The summed E-state index contributed by atoms with van der Waals surface area (Å²) in [4.78, 5) is 22.6. The minimum Gasteiger partial charge on any atom is -0.460 e. The van der Waals surface area contributed by atoms with Gasteiger partial charge in [0.1, 0.15) is 30.5 Å². The lowest BCUT2D eigenvalue weighted by molar-refractivity contribution is -0.170. The maximum Gasteiger partial charge on any atom is 0.508 e. The molecule has 0 saturated carbocycles. The van der Waals surface area contributed by atoms with Gasteiger partial charge in [-0.05, 0) is 33.6 Å². The number of hydrogen-bond donors (Lipinski definition) is 0. The molecule has 0 aliphatic carbocycles. The van der Waals surface area contributed by atoms with E-state index in [2.05, 4.69) is 5.92 Å². The Bertz CT molecular complexity index is 417. The van der Waals surface area contributed by atoms with Gasteiger partial charge in [-0.3, -0.25) is 4.79 Å². The van der Waals surface area contributed by atoms with Gasteiger partial charge in [0.25, 0.3) is 0 Å². The molecule has 0 radical (unpaired) electrons. The molecule has 1 fully saturated rings. The van der Waals surface area contributed by atoms with Crippen LogP contribution < -0.4 is 0 Å². The molecule has 1 aliphatic rings. The van der Waals surface area contributed by atoms with E-state index < -0.39 is 29.9 Å². The lowest BCUT2D eigenvalue weighted by atomic mass is 10.0. The molecule has 0 spiro atoms. The van der Waals surface area contributed by atoms with Crippen molar-refractivity contribution in [2.75, 3.05) is 6.61 Å². The highest BCUT2D eigenvalue weighted by atomic mass is 16.7. The molecule has 0 N–H and O–H groups in total. The molecule has 0 aromatic heterocycles. The summed E-state index contributed by atoms with van der Waals surface area (Å²) in [5, 5.41) is 0. The highest BCUT2D eigenvalue weighted by molar-refractivity contribution is 5.66. The van der Waals surface area contributed by atoms with Gasteiger partial charge in [0, 0.05) is 6.92 Å². The van der Waals surface area contributed by atoms with Crippen LogP contribution in [0.25, 0.3) is 0 Å². The first-order chi connectivity index (χ1) is 9.71. The van der Waals surface area contributed by atoms with Crippen molar-refractivity contribution in [3.8, 4) is 12.3 Å². The van der Waals surface area contributed by atoms with Gasteiger partial charge in [-0.25, -0.2) is 4.79 Å². The molecular formula is C15H22O6. The Morgan fingerprint density at radius 3 is 2.52 bits per heavy atom. The minimum absolute atomic E-state index is 0.0783. The van der Waals surface area contributed by atoms with E-state index in [4.69, 9.17) is 25.4 Å². The van der Waals surface area contributed by atoms with Gasteiger partial charge in [-0.1, -0.05) is 5.92 Å². The van der Waals surface area contributed by atoms with Gasteiger partial charge in [0.05, 0.1) is 0 Å². The number of carbonyl (C=O) groups excluding carboxylic acids is 2. The first-order valence-corrected chi connectivity index (χ1v) is 6.86. The molecule has 1 heterocycles. The summed E-state index contributed by atoms with van der Waals surface area (Å²) >= 11 is 0. The van der Waals surface area contributed by atoms with Gasteiger partial charge in [0.2, 0.25) is 0 Å². The van der Waals surface area contributed by atoms with E-state index >= 15 is 0 Å². The monoisotopic (exact) mass is 298 g/mol. The van der Waals surface area contributed by atoms with Crippen LogP contribution in [0, 0.1) is 12.3 Å². The molecule has 0 bridgehead atoms. The van der Waals surface area contributed by atoms with Crippen LogP contribution in [0.1, 0.15) is 40.5 Å². The second-order valence-corrected chi connectivity index (χ2v) is 5.83. The third-order valence-electron chi connectivity index (χ3n) is 2.73. The number of carbonyl (C=O) groups is 2. The van der Waals surface area contributed by atoms with Crippen LogP contribution >= 0.6 is 0 Å². The Labute approximate surface area is 125 Å². The van der Waals surface area contributed by atoms with E-state index in [1.54, 1.807) is 20.8 Å². The van der Waals surface area contributed by atoms with Crippen LogP contribution in [0.2, 0.25) is 0 Å². The zero-order chi connectivity index (χ0) is 16.0. The van der Waals surface area contributed by atoms with E-state index in [9.17, 15) is 9.59 Å². The summed E-state index contributed by atoms with van der Waals surface area (Å²) in [5.41, 5.74) is -0.638. The lowest BCUT2D eigenvalue weighted by Gasteiger charge is -2.33. The number of hydrogen-bond acceptors (Lipinski definition) is 6. The van der Waals surface area contributed by atoms with Crippen molar-refractivity contribution < 1.29 is 28.5 Å². The van der Waals surface area contributed by atoms with Crippen molar-refractivity contribution >= 4 is 12.1 Å². The van der Waals surface area contributed by atoms with Gasteiger partial charge in [-0.2, -0.15) is 0 Å². The van der Waals surface area contributed by atoms with Crippen LogP contribution in [0.4, 0.5) is 4.79 Å². The number of ether oxygens (including phenoxy) is 4. The fourth-order valence-electron chi connectivity index (χ4n) is 1.92. The molecule has 0 aromatic carbocycles. The first kappa shape index (κ1) is 17.3.